The van der Waals surface area contributed by atoms with Crippen LogP contribution in [0.25, 0.3) is 0 Å². The second-order valence-electron chi connectivity index (χ2n) is 11.2. The van der Waals surface area contributed by atoms with Crippen molar-refractivity contribution in [2.45, 2.75) is 49.4 Å². The van der Waals surface area contributed by atoms with Crippen LogP contribution in [0.3, 0.4) is 0 Å². The molecule has 0 aromatic heterocycles. The summed E-state index contributed by atoms with van der Waals surface area (Å²) in [6.45, 7) is 0. The first-order valence-corrected chi connectivity index (χ1v) is 14.2. The number of nitrogens with one attached hydrogen (secondary N) is 1. The topological polar surface area (TPSA) is 55.4 Å². The summed E-state index contributed by atoms with van der Waals surface area (Å²) in [7, 11) is 0. The van der Waals surface area contributed by atoms with E-state index in [-0.39, 0.29) is 29.5 Å². The highest BCUT2D eigenvalue weighted by Crippen LogP contribution is 2.40. The molecule has 252 valence electrons. The lowest BCUT2D eigenvalue weighted by atomic mass is 9.76. The maximum atomic E-state index is 15.2. The monoisotopic (exact) mass is 683 g/mol. The molecule has 0 unspecified atom stereocenters. The SMILES string of the molecule is O=C(N[C@@](Cc1ccccc1)(c1cc(F)cc(C(=O)C(F)(F)C(F)F)c1)c1ccc(F)c(OC2CC2)c1)c1ccc(F)c(C(F)(F)F)c1. The number of amides is 1. The standard InChI is InChI=1S/C34H23F10NO3/c35-23-13-20(29(46)33(40,41)31(38)39)12-22(15-23)32(17-18-4-2-1-3-5-18,21-7-11-27(37)28(16-21)48-24-8-9-24)45-30(47)19-6-10-26(36)25(14-19)34(42,43)44/h1-7,10-16,24,31H,8-9,17H2,(H,45,47)/t32-/m1/s1. The molecule has 0 heterocycles. The molecule has 4 aromatic carbocycles. The third kappa shape index (κ3) is 7.16. The Morgan fingerprint density at radius 3 is 2.06 bits per heavy atom. The minimum atomic E-state index is -5.25. The molecule has 1 aliphatic rings. The van der Waals surface area contributed by atoms with Crippen LogP contribution in [0.5, 0.6) is 5.75 Å². The molecule has 4 aromatic rings. The van der Waals surface area contributed by atoms with Crippen molar-refractivity contribution in [1.29, 1.82) is 0 Å². The molecule has 4 nitrogen and oxygen atoms in total. The van der Waals surface area contributed by atoms with Gasteiger partial charge in [-0.05, 0) is 78.1 Å². The normalized spacial score (nSPS) is 14.8. The van der Waals surface area contributed by atoms with Crippen molar-refractivity contribution < 1.29 is 58.2 Å². The van der Waals surface area contributed by atoms with Gasteiger partial charge in [0.1, 0.15) is 11.6 Å². The van der Waals surface area contributed by atoms with Crippen LogP contribution in [0.4, 0.5) is 43.9 Å². The smallest absolute Gasteiger partial charge is 0.419 e. The van der Waals surface area contributed by atoms with Gasteiger partial charge >= 0.3 is 18.5 Å². The fourth-order valence-corrected chi connectivity index (χ4v) is 5.09. The Morgan fingerprint density at radius 2 is 1.44 bits per heavy atom. The molecule has 48 heavy (non-hydrogen) atoms. The highest BCUT2D eigenvalue weighted by molar-refractivity contribution is 6.02. The average Bonchev–Trinajstić information content (AvgIpc) is 3.85. The van der Waals surface area contributed by atoms with Gasteiger partial charge in [0, 0.05) is 17.5 Å². The minimum Gasteiger partial charge on any atom is -0.487 e. The lowest BCUT2D eigenvalue weighted by molar-refractivity contribution is -0.140. The summed E-state index contributed by atoms with van der Waals surface area (Å²) in [4.78, 5) is 26.4. The number of carbonyl (C=O) groups is 2. The predicted molar refractivity (Wildman–Crippen MR) is 152 cm³/mol. The number of ether oxygens (including phenoxy) is 1. The van der Waals surface area contributed by atoms with Crippen LogP contribution in [0, 0.1) is 17.5 Å². The van der Waals surface area contributed by atoms with Crippen molar-refractivity contribution in [3.63, 3.8) is 0 Å². The summed E-state index contributed by atoms with van der Waals surface area (Å²) >= 11 is 0. The Kier molecular flexibility index (Phi) is 9.31. The summed E-state index contributed by atoms with van der Waals surface area (Å²) in [6, 6.07) is 13.8. The molecule has 0 saturated heterocycles. The fraction of sp³-hybridized carbons (Fsp3) is 0.235. The van der Waals surface area contributed by atoms with Gasteiger partial charge < -0.3 is 10.1 Å². The summed E-state index contributed by atoms with van der Waals surface area (Å²) in [5.41, 5.74) is -6.28. The van der Waals surface area contributed by atoms with Crippen molar-refractivity contribution in [2.24, 2.45) is 0 Å². The van der Waals surface area contributed by atoms with E-state index in [0.29, 0.717) is 36.6 Å². The van der Waals surface area contributed by atoms with Gasteiger partial charge in [0.05, 0.1) is 17.2 Å². The number of rotatable bonds is 11. The molecular weight excluding hydrogens is 660 g/mol. The first kappa shape index (κ1) is 34.5. The van der Waals surface area contributed by atoms with Gasteiger partial charge in [0.15, 0.2) is 11.6 Å². The number of carbonyl (C=O) groups excluding carboxylic acids is 2. The van der Waals surface area contributed by atoms with E-state index in [4.69, 9.17) is 4.74 Å². The summed E-state index contributed by atoms with van der Waals surface area (Å²) in [6.07, 6.45) is -9.34. The highest BCUT2D eigenvalue weighted by atomic mass is 19.4. The molecule has 1 amide bonds. The van der Waals surface area contributed by atoms with Gasteiger partial charge in [-0.25, -0.2) is 22.0 Å². The van der Waals surface area contributed by atoms with E-state index in [9.17, 15) is 49.1 Å². The lowest BCUT2D eigenvalue weighted by Crippen LogP contribution is -2.49. The predicted octanol–water partition coefficient (Wildman–Crippen LogP) is 8.66. The molecular formula is C34H23F10NO3. The molecule has 0 radical (unpaired) electrons. The zero-order chi connectivity index (χ0) is 35.0. The van der Waals surface area contributed by atoms with Gasteiger partial charge in [0.2, 0.25) is 5.78 Å². The molecule has 0 bridgehead atoms. The van der Waals surface area contributed by atoms with Gasteiger partial charge in [-0.3, -0.25) is 9.59 Å². The van der Waals surface area contributed by atoms with E-state index in [1.807, 2.05) is 0 Å². The first-order valence-electron chi connectivity index (χ1n) is 14.2. The highest BCUT2D eigenvalue weighted by Gasteiger charge is 2.50. The molecule has 14 heteroatoms. The molecule has 0 aliphatic heterocycles. The zero-order valence-electron chi connectivity index (χ0n) is 24.4. The number of benzene rings is 4. The lowest BCUT2D eigenvalue weighted by Gasteiger charge is -2.37. The van der Waals surface area contributed by atoms with E-state index in [0.717, 1.165) is 24.3 Å². The van der Waals surface area contributed by atoms with Crippen LogP contribution in [0.1, 0.15) is 55.8 Å². The number of halogens is 10. The number of hydrogen-bond acceptors (Lipinski definition) is 3. The molecule has 1 saturated carbocycles. The second kappa shape index (κ2) is 13.0. The Labute approximate surface area is 266 Å². The number of alkyl halides is 7. The van der Waals surface area contributed by atoms with Gasteiger partial charge in [-0.1, -0.05) is 36.4 Å². The van der Waals surface area contributed by atoms with Gasteiger partial charge in [0.25, 0.3) is 5.91 Å². The van der Waals surface area contributed by atoms with Gasteiger partial charge in [-0.2, -0.15) is 22.0 Å². The van der Waals surface area contributed by atoms with Crippen LogP contribution in [0.2, 0.25) is 0 Å². The van der Waals surface area contributed by atoms with E-state index in [1.165, 1.54) is 12.1 Å². The third-order valence-electron chi connectivity index (χ3n) is 7.64. The summed E-state index contributed by atoms with van der Waals surface area (Å²) in [5.74, 6) is -13.3. The Balaban J connectivity index is 1.77. The summed E-state index contributed by atoms with van der Waals surface area (Å²) < 4.78 is 145. The van der Waals surface area contributed by atoms with E-state index >= 15 is 4.39 Å². The molecule has 1 N–H and O–H groups in total. The third-order valence-corrected chi connectivity index (χ3v) is 7.64. The van der Waals surface area contributed by atoms with Crippen LogP contribution in [-0.4, -0.2) is 30.1 Å². The van der Waals surface area contributed by atoms with E-state index < -0.39 is 81.9 Å². The van der Waals surface area contributed by atoms with Gasteiger partial charge in [-0.15, -0.1) is 0 Å². The van der Waals surface area contributed by atoms with Crippen molar-refractivity contribution in [2.75, 3.05) is 0 Å². The van der Waals surface area contributed by atoms with Crippen molar-refractivity contribution in [3.8, 4) is 5.75 Å². The van der Waals surface area contributed by atoms with Crippen molar-refractivity contribution in [1.82, 2.24) is 5.32 Å². The average molecular weight is 684 g/mol. The van der Waals surface area contributed by atoms with E-state index in [1.54, 1.807) is 18.2 Å². The molecule has 1 atom stereocenters. The number of Topliss-reactive ketones (excluding diaryl/α,β-unsaturated/α-hetero) is 1. The Morgan fingerprint density at radius 1 is 0.771 bits per heavy atom. The molecule has 5 rings (SSSR count). The maximum Gasteiger partial charge on any atom is 0.419 e. The fourth-order valence-electron chi connectivity index (χ4n) is 5.09. The van der Waals surface area contributed by atoms with Crippen LogP contribution < -0.4 is 10.1 Å². The minimum absolute atomic E-state index is 0.125. The zero-order valence-corrected chi connectivity index (χ0v) is 24.4. The van der Waals surface area contributed by atoms with E-state index in [2.05, 4.69) is 5.32 Å². The van der Waals surface area contributed by atoms with Crippen LogP contribution in [0.15, 0.2) is 84.9 Å². The number of hydrogen-bond donors (Lipinski definition) is 1. The molecule has 1 fully saturated rings. The number of ketones is 1. The maximum absolute atomic E-state index is 15.2. The molecule has 0 spiro atoms. The van der Waals surface area contributed by atoms with Crippen molar-refractivity contribution in [3.05, 3.63) is 136 Å². The van der Waals surface area contributed by atoms with Crippen LogP contribution >= 0.6 is 0 Å². The first-order chi connectivity index (χ1) is 22.5. The Hall–Kier alpha value is -4.88. The quantitative estimate of drug-likeness (QED) is 0.127. The van der Waals surface area contributed by atoms with Crippen LogP contribution in [-0.2, 0) is 18.1 Å². The second-order valence-corrected chi connectivity index (χ2v) is 11.2. The largest absolute Gasteiger partial charge is 0.487 e. The molecule has 1 aliphatic carbocycles. The van der Waals surface area contributed by atoms with Crippen molar-refractivity contribution >= 4 is 11.7 Å². The summed E-state index contributed by atoms with van der Waals surface area (Å²) in [5, 5.41) is 2.48. The Bertz CT molecular complexity index is 1840.